The van der Waals surface area contributed by atoms with Gasteiger partial charge in [-0.15, -0.1) is 0 Å². The molecule has 1 aromatic rings. The third kappa shape index (κ3) is 2.74. The molecule has 1 aromatic carbocycles. The van der Waals surface area contributed by atoms with E-state index in [-0.39, 0.29) is 17.8 Å². The summed E-state index contributed by atoms with van der Waals surface area (Å²) in [6, 6.07) is 8.04. The second-order valence-corrected chi connectivity index (χ2v) is 13.4. The maximum absolute atomic E-state index is 13.4. The van der Waals surface area contributed by atoms with Gasteiger partial charge in [0.25, 0.3) is 0 Å². The van der Waals surface area contributed by atoms with Crippen molar-refractivity contribution < 1.29 is 39.4 Å². The molecule has 1 saturated heterocycles. The molecular weight excluding hydrogens is 502 g/mol. The lowest BCUT2D eigenvalue weighted by molar-refractivity contribution is -0.317. The van der Waals surface area contributed by atoms with E-state index in [1.165, 1.54) is 7.11 Å². The van der Waals surface area contributed by atoms with Gasteiger partial charge in [0.05, 0.1) is 36.0 Å². The van der Waals surface area contributed by atoms with Crippen LogP contribution in [0, 0.1) is 34.5 Å². The number of hydrogen-bond donors (Lipinski definition) is 4. The second-order valence-electron chi connectivity index (χ2n) is 13.4. The van der Waals surface area contributed by atoms with Crippen molar-refractivity contribution in [2.75, 3.05) is 27.3 Å². The Morgan fingerprint density at radius 1 is 1.10 bits per heavy atom. The lowest BCUT2D eigenvalue weighted by Crippen LogP contribution is -2.82. The molecule has 7 bridgehead atoms. The fraction of sp³-hybridized carbons (Fsp3) is 0.767. The van der Waals surface area contributed by atoms with Crippen molar-refractivity contribution in [3.05, 3.63) is 35.9 Å². The van der Waals surface area contributed by atoms with Gasteiger partial charge in [0.2, 0.25) is 0 Å². The van der Waals surface area contributed by atoms with E-state index in [4.69, 9.17) is 14.2 Å². The summed E-state index contributed by atoms with van der Waals surface area (Å²) in [5.41, 5.74) is -4.46. The fourth-order valence-corrected chi connectivity index (χ4v) is 11.4. The summed E-state index contributed by atoms with van der Waals surface area (Å²) < 4.78 is 18.2. The molecule has 7 rings (SSSR count). The maximum atomic E-state index is 13.4. The Labute approximate surface area is 229 Å². The molecule has 6 aliphatic rings. The number of piperidine rings is 1. The Bertz CT molecular complexity index is 1170. The molecular formula is C30H41NO8. The van der Waals surface area contributed by atoms with Crippen LogP contribution in [0.5, 0.6) is 0 Å². The average molecular weight is 544 g/mol. The van der Waals surface area contributed by atoms with Crippen molar-refractivity contribution in [3.8, 4) is 0 Å². The van der Waals surface area contributed by atoms with Gasteiger partial charge in [-0.25, -0.2) is 4.79 Å². The Hall–Kier alpha value is -1.59. The number of aliphatic hydroxyl groups excluding tert-OH is 2. The van der Waals surface area contributed by atoms with Gasteiger partial charge < -0.3 is 34.6 Å². The van der Waals surface area contributed by atoms with Crippen molar-refractivity contribution in [1.29, 1.82) is 0 Å². The van der Waals surface area contributed by atoms with E-state index in [0.29, 0.717) is 25.1 Å². The molecule has 4 unspecified atom stereocenters. The highest BCUT2D eigenvalue weighted by atomic mass is 16.6. The number of ether oxygens (including phenoxy) is 3. The highest BCUT2D eigenvalue weighted by Crippen LogP contribution is 2.80. The van der Waals surface area contributed by atoms with Crippen molar-refractivity contribution in [3.63, 3.8) is 0 Å². The number of likely N-dealkylation sites (tertiary alicyclic amines) is 1. The fourth-order valence-electron chi connectivity index (χ4n) is 11.4. The number of esters is 1. The third-order valence-electron chi connectivity index (χ3n) is 12.3. The van der Waals surface area contributed by atoms with Gasteiger partial charge in [0.15, 0.2) is 0 Å². The van der Waals surface area contributed by atoms with E-state index in [1.54, 1.807) is 31.4 Å². The molecule has 9 nitrogen and oxygen atoms in total. The topological polar surface area (TPSA) is 129 Å². The SMILES string of the molecule is CCN1C[C@]2(C)CC[C@H](O)C34C1C(O)([C@@H](OC)[C@@H]32)[C@@]1(O)C[C@H](OC)[C@@H]2C(OC(=O)c3ccccc3)[C@H]1[C@H]4[C@H]2O. The first-order valence-electron chi connectivity index (χ1n) is 14.4. The molecule has 1 spiro atoms. The number of aliphatic hydroxyl groups is 4. The van der Waals surface area contributed by atoms with Gasteiger partial charge in [0, 0.05) is 56.3 Å². The van der Waals surface area contributed by atoms with Gasteiger partial charge in [-0.2, -0.15) is 0 Å². The molecule has 39 heavy (non-hydrogen) atoms. The Morgan fingerprint density at radius 2 is 1.82 bits per heavy atom. The number of hydrogen-bond acceptors (Lipinski definition) is 9. The Morgan fingerprint density at radius 3 is 2.46 bits per heavy atom. The van der Waals surface area contributed by atoms with Gasteiger partial charge >= 0.3 is 5.97 Å². The first-order valence-corrected chi connectivity index (χ1v) is 14.4. The largest absolute Gasteiger partial charge is 0.458 e. The summed E-state index contributed by atoms with van der Waals surface area (Å²) in [5.74, 6) is -2.87. The zero-order valence-corrected chi connectivity index (χ0v) is 23.1. The lowest BCUT2D eigenvalue weighted by Gasteiger charge is -2.69. The molecule has 14 atom stereocenters. The van der Waals surface area contributed by atoms with Crippen LogP contribution < -0.4 is 0 Å². The van der Waals surface area contributed by atoms with Crippen LogP contribution >= 0.6 is 0 Å². The monoisotopic (exact) mass is 543 g/mol. The summed E-state index contributed by atoms with van der Waals surface area (Å²) in [4.78, 5) is 15.6. The molecule has 214 valence electrons. The first-order chi connectivity index (χ1) is 18.6. The number of rotatable bonds is 5. The van der Waals surface area contributed by atoms with E-state index >= 15 is 0 Å². The lowest BCUT2D eigenvalue weighted by atomic mass is 9.42. The second kappa shape index (κ2) is 8.25. The Balaban J connectivity index is 1.47. The van der Waals surface area contributed by atoms with Crippen LogP contribution in [0.25, 0.3) is 0 Å². The number of methoxy groups -OCH3 is 2. The molecule has 9 heteroatoms. The van der Waals surface area contributed by atoms with Crippen LogP contribution in [0.3, 0.4) is 0 Å². The molecule has 4 N–H and O–H groups in total. The third-order valence-corrected chi connectivity index (χ3v) is 12.3. The minimum atomic E-state index is -1.79. The van der Waals surface area contributed by atoms with E-state index < -0.39 is 76.9 Å². The standard InChI is InChI=1S/C30H41NO8/c1-5-31-14-27(2)12-11-17(32)29-19-20-22(39-25(34)15-9-7-6-8-10-15)18(21(19)33)16(37-3)13-28(20,35)30(36,26(29)31)24(38-4)23(27)29/h6-10,16-24,26,32-33,35-36H,5,11-14H2,1-4H3/t16-,17-,18-,19-,20+,21-,22?,23+,24-,26?,27-,28+,29?,30?/m0/s1. The number of benzene rings is 1. The van der Waals surface area contributed by atoms with Crippen LogP contribution in [0.1, 0.15) is 43.5 Å². The molecule has 0 aromatic heterocycles. The summed E-state index contributed by atoms with van der Waals surface area (Å²) in [6.07, 6.45) is -2.82. The molecule has 6 fully saturated rings. The molecule has 0 radical (unpaired) electrons. The van der Waals surface area contributed by atoms with Crippen LogP contribution in [-0.2, 0) is 14.2 Å². The van der Waals surface area contributed by atoms with Crippen LogP contribution in [0.4, 0.5) is 0 Å². The van der Waals surface area contributed by atoms with E-state index in [9.17, 15) is 25.2 Å². The average Bonchev–Trinajstić information content (AvgIpc) is 3.26. The normalized spacial score (nSPS) is 55.0. The van der Waals surface area contributed by atoms with E-state index in [0.717, 1.165) is 6.42 Å². The predicted octanol–water partition coefficient (Wildman–Crippen LogP) is 0.826. The number of nitrogens with zero attached hydrogens (tertiary/aromatic N) is 1. The summed E-state index contributed by atoms with van der Waals surface area (Å²) in [7, 11) is 3.09. The van der Waals surface area contributed by atoms with Crippen molar-refractivity contribution in [2.45, 2.75) is 80.9 Å². The molecule has 0 amide bonds. The van der Waals surface area contributed by atoms with Gasteiger partial charge in [-0.05, 0) is 36.9 Å². The van der Waals surface area contributed by atoms with Gasteiger partial charge in [-0.3, -0.25) is 4.90 Å². The first kappa shape index (κ1) is 26.3. The van der Waals surface area contributed by atoms with E-state index in [1.807, 2.05) is 13.0 Å². The predicted molar refractivity (Wildman–Crippen MR) is 139 cm³/mol. The molecule has 5 saturated carbocycles. The highest BCUT2D eigenvalue weighted by Gasteiger charge is 2.92. The summed E-state index contributed by atoms with van der Waals surface area (Å²) in [6.45, 7) is 5.56. The van der Waals surface area contributed by atoms with Crippen molar-refractivity contribution in [2.24, 2.45) is 34.5 Å². The Kier molecular flexibility index (Phi) is 5.56. The minimum absolute atomic E-state index is 0.0752. The zero-order chi connectivity index (χ0) is 27.7. The summed E-state index contributed by atoms with van der Waals surface area (Å²) >= 11 is 0. The number of carbonyl (C=O) groups is 1. The van der Waals surface area contributed by atoms with Crippen molar-refractivity contribution >= 4 is 5.97 Å². The number of fused-ring (bicyclic) bond motifs is 2. The zero-order valence-electron chi connectivity index (χ0n) is 23.1. The molecule has 5 aliphatic carbocycles. The highest BCUT2D eigenvalue weighted by molar-refractivity contribution is 5.89. The minimum Gasteiger partial charge on any atom is -0.458 e. The van der Waals surface area contributed by atoms with E-state index in [2.05, 4.69) is 11.8 Å². The molecule has 1 aliphatic heterocycles. The number of likely N-dealkylation sites (N-methyl/N-ethyl adjacent to an activating group) is 1. The van der Waals surface area contributed by atoms with Gasteiger partial charge in [-0.1, -0.05) is 32.0 Å². The van der Waals surface area contributed by atoms with Crippen LogP contribution in [-0.4, -0.2) is 106 Å². The maximum Gasteiger partial charge on any atom is 0.338 e. The number of carbonyl (C=O) groups excluding carboxylic acids is 1. The molecule has 1 heterocycles. The smallest absolute Gasteiger partial charge is 0.338 e. The summed E-state index contributed by atoms with van der Waals surface area (Å²) in [5, 5.41) is 50.3. The van der Waals surface area contributed by atoms with Gasteiger partial charge in [0.1, 0.15) is 17.3 Å². The van der Waals surface area contributed by atoms with Crippen LogP contribution in [0.15, 0.2) is 30.3 Å². The quantitative estimate of drug-likeness (QED) is 0.399. The van der Waals surface area contributed by atoms with Crippen LogP contribution in [0.2, 0.25) is 0 Å². The van der Waals surface area contributed by atoms with Crippen molar-refractivity contribution in [1.82, 2.24) is 4.90 Å².